The second-order valence-electron chi connectivity index (χ2n) is 5.53. The maximum atomic E-state index is 12.9. The second-order valence-corrected chi connectivity index (χ2v) is 5.53. The fraction of sp³-hybridized carbons (Fsp3) is 0.235. The number of aryl methyl sites for hydroxylation is 2. The number of nitrogens with zero attached hydrogens (tertiary/aromatic N) is 3. The summed E-state index contributed by atoms with van der Waals surface area (Å²) in [7, 11) is 1.61. The molecular formula is C17H16FN3O2. The number of hydrogen-bond acceptors (Lipinski definition) is 4. The van der Waals surface area contributed by atoms with Crippen molar-refractivity contribution in [1.82, 2.24) is 14.9 Å². The summed E-state index contributed by atoms with van der Waals surface area (Å²) >= 11 is 0. The van der Waals surface area contributed by atoms with Crippen LogP contribution in [0.25, 0.3) is 5.57 Å². The Balaban J connectivity index is 1.68. The van der Waals surface area contributed by atoms with E-state index in [0.29, 0.717) is 17.9 Å². The second kappa shape index (κ2) is 6.16. The number of carbonyl (C=O) groups is 1. The maximum absolute atomic E-state index is 12.9. The smallest absolute Gasteiger partial charge is 0.289 e. The van der Waals surface area contributed by atoms with Gasteiger partial charge in [-0.3, -0.25) is 4.79 Å². The van der Waals surface area contributed by atoms with E-state index in [1.807, 2.05) is 0 Å². The molecule has 1 aromatic carbocycles. The molecular weight excluding hydrogens is 297 g/mol. The number of rotatable bonds is 4. The van der Waals surface area contributed by atoms with Gasteiger partial charge in [-0.2, -0.15) is 0 Å². The van der Waals surface area contributed by atoms with Gasteiger partial charge in [-0.05, 0) is 36.1 Å². The van der Waals surface area contributed by atoms with Crippen LogP contribution in [0.3, 0.4) is 0 Å². The molecule has 0 fully saturated rings. The van der Waals surface area contributed by atoms with Crippen molar-refractivity contribution in [2.24, 2.45) is 0 Å². The number of benzene rings is 1. The molecule has 2 aromatic rings. The van der Waals surface area contributed by atoms with Gasteiger partial charge in [-0.1, -0.05) is 12.1 Å². The maximum Gasteiger partial charge on any atom is 0.289 e. The van der Waals surface area contributed by atoms with Crippen molar-refractivity contribution in [2.75, 3.05) is 13.6 Å². The highest BCUT2D eigenvalue weighted by Crippen LogP contribution is 2.22. The molecule has 0 saturated carbocycles. The molecule has 1 aliphatic rings. The minimum absolute atomic E-state index is 0.245. The van der Waals surface area contributed by atoms with Gasteiger partial charge in [0.25, 0.3) is 5.91 Å². The van der Waals surface area contributed by atoms with E-state index >= 15 is 0 Å². The summed E-state index contributed by atoms with van der Waals surface area (Å²) in [6, 6.07) is 6.40. The molecule has 1 aliphatic heterocycles. The topological polar surface area (TPSA) is 66.3 Å². The lowest BCUT2D eigenvalue weighted by Gasteiger charge is -2.07. The van der Waals surface area contributed by atoms with E-state index in [1.54, 1.807) is 31.6 Å². The first kappa shape index (κ1) is 15.1. The van der Waals surface area contributed by atoms with E-state index in [0.717, 1.165) is 24.0 Å². The Morgan fingerprint density at radius 1 is 1.13 bits per heavy atom. The van der Waals surface area contributed by atoms with Gasteiger partial charge in [0.1, 0.15) is 5.82 Å². The van der Waals surface area contributed by atoms with Crippen LogP contribution in [0.4, 0.5) is 4.39 Å². The van der Waals surface area contributed by atoms with E-state index in [2.05, 4.69) is 9.97 Å². The average Bonchev–Trinajstić information content (AvgIpc) is 2.82. The van der Waals surface area contributed by atoms with Gasteiger partial charge in [0.15, 0.2) is 11.6 Å². The van der Waals surface area contributed by atoms with Crippen LogP contribution in [-0.4, -0.2) is 39.5 Å². The fourth-order valence-electron chi connectivity index (χ4n) is 2.45. The van der Waals surface area contributed by atoms with Gasteiger partial charge in [0.05, 0.1) is 12.1 Å². The monoisotopic (exact) mass is 313 g/mol. The lowest BCUT2D eigenvalue weighted by molar-refractivity contribution is -0.126. The molecule has 0 spiro atoms. The van der Waals surface area contributed by atoms with Crippen molar-refractivity contribution < 1.29 is 14.3 Å². The molecule has 3 rings (SSSR count). The summed E-state index contributed by atoms with van der Waals surface area (Å²) in [6.45, 7) is 0.305. The number of aliphatic hydroxyl groups excluding tert-OH is 1. The SMILES string of the molecule is CN1CC(c2ncc(CCc3ccc(F)cc3)cn2)=C(O)C1=O. The zero-order valence-electron chi connectivity index (χ0n) is 12.7. The molecule has 0 aliphatic carbocycles. The highest BCUT2D eigenvalue weighted by Gasteiger charge is 2.29. The lowest BCUT2D eigenvalue weighted by Crippen LogP contribution is -2.21. The Kier molecular flexibility index (Phi) is 4.06. The zero-order chi connectivity index (χ0) is 16.4. The Bertz CT molecular complexity index is 754. The Morgan fingerprint density at radius 2 is 1.74 bits per heavy atom. The molecule has 0 radical (unpaired) electrons. The molecule has 1 amide bonds. The van der Waals surface area contributed by atoms with Crippen LogP contribution in [0.1, 0.15) is 17.0 Å². The van der Waals surface area contributed by atoms with Gasteiger partial charge >= 0.3 is 0 Å². The van der Waals surface area contributed by atoms with Crippen molar-refractivity contribution in [1.29, 1.82) is 0 Å². The van der Waals surface area contributed by atoms with Crippen LogP contribution in [-0.2, 0) is 17.6 Å². The van der Waals surface area contributed by atoms with Gasteiger partial charge in [0, 0.05) is 19.4 Å². The van der Waals surface area contributed by atoms with Crippen molar-refractivity contribution in [3.8, 4) is 0 Å². The predicted octanol–water partition coefficient (Wildman–Crippen LogP) is 2.14. The first-order valence-corrected chi connectivity index (χ1v) is 7.28. The normalized spacial score (nSPS) is 14.7. The molecule has 2 heterocycles. The van der Waals surface area contributed by atoms with E-state index in [9.17, 15) is 14.3 Å². The average molecular weight is 313 g/mol. The molecule has 23 heavy (non-hydrogen) atoms. The Labute approximate surface area is 133 Å². The van der Waals surface area contributed by atoms with Crippen LogP contribution < -0.4 is 0 Å². The summed E-state index contributed by atoms with van der Waals surface area (Å²) in [5.74, 6) is -0.577. The minimum atomic E-state index is -0.413. The standard InChI is InChI=1S/C17H16FN3O2/c1-21-10-14(15(22)17(21)23)16-19-8-12(9-20-16)3-2-11-4-6-13(18)7-5-11/h4-9,22H,2-3,10H2,1H3. The highest BCUT2D eigenvalue weighted by molar-refractivity contribution is 6.02. The molecule has 0 atom stereocenters. The Morgan fingerprint density at radius 3 is 2.30 bits per heavy atom. The zero-order valence-corrected chi connectivity index (χ0v) is 12.7. The third kappa shape index (κ3) is 3.21. The number of carbonyl (C=O) groups excluding carboxylic acids is 1. The summed E-state index contributed by atoms with van der Waals surface area (Å²) in [6.07, 6.45) is 4.87. The fourth-order valence-corrected chi connectivity index (χ4v) is 2.45. The van der Waals surface area contributed by atoms with Crippen molar-refractivity contribution in [2.45, 2.75) is 12.8 Å². The molecule has 0 bridgehead atoms. The highest BCUT2D eigenvalue weighted by atomic mass is 19.1. The van der Waals surface area contributed by atoms with Crippen molar-refractivity contribution in [3.63, 3.8) is 0 Å². The summed E-state index contributed by atoms with van der Waals surface area (Å²) in [5, 5.41) is 9.80. The molecule has 5 nitrogen and oxygen atoms in total. The molecule has 1 N–H and O–H groups in total. The molecule has 0 unspecified atom stereocenters. The van der Waals surface area contributed by atoms with E-state index < -0.39 is 5.91 Å². The van der Waals surface area contributed by atoms with Crippen molar-refractivity contribution >= 4 is 11.5 Å². The summed E-state index contributed by atoms with van der Waals surface area (Å²) < 4.78 is 12.9. The van der Waals surface area contributed by atoms with Crippen molar-refractivity contribution in [3.05, 3.63) is 65.2 Å². The molecule has 6 heteroatoms. The van der Waals surface area contributed by atoms with E-state index in [-0.39, 0.29) is 11.6 Å². The minimum Gasteiger partial charge on any atom is -0.503 e. The number of hydrogen-bond donors (Lipinski definition) is 1. The predicted molar refractivity (Wildman–Crippen MR) is 83.0 cm³/mol. The molecule has 118 valence electrons. The van der Waals surface area contributed by atoms with Gasteiger partial charge in [-0.25, -0.2) is 14.4 Å². The summed E-state index contributed by atoms with van der Waals surface area (Å²) in [5.41, 5.74) is 2.43. The first-order chi connectivity index (χ1) is 11.0. The number of amides is 1. The first-order valence-electron chi connectivity index (χ1n) is 7.28. The van der Waals surface area contributed by atoms with Crippen LogP contribution in [0.15, 0.2) is 42.4 Å². The largest absolute Gasteiger partial charge is 0.503 e. The quantitative estimate of drug-likeness (QED) is 0.939. The Hall–Kier alpha value is -2.76. The van der Waals surface area contributed by atoms with Gasteiger partial charge < -0.3 is 10.0 Å². The molecule has 0 saturated heterocycles. The van der Waals surface area contributed by atoms with E-state index in [1.165, 1.54) is 17.0 Å². The van der Waals surface area contributed by atoms with Gasteiger partial charge in [0.2, 0.25) is 0 Å². The number of aromatic nitrogens is 2. The van der Waals surface area contributed by atoms with Gasteiger partial charge in [-0.15, -0.1) is 0 Å². The summed E-state index contributed by atoms with van der Waals surface area (Å²) in [4.78, 5) is 21.5. The lowest BCUT2D eigenvalue weighted by atomic mass is 10.1. The third-order valence-electron chi connectivity index (χ3n) is 3.82. The van der Waals surface area contributed by atoms with Crippen LogP contribution in [0.2, 0.25) is 0 Å². The number of halogens is 1. The van der Waals surface area contributed by atoms with Crippen LogP contribution in [0, 0.1) is 5.82 Å². The number of likely N-dealkylation sites (N-methyl/N-ethyl adjacent to an activating group) is 1. The molecule has 1 aromatic heterocycles. The number of aliphatic hydroxyl groups is 1. The van der Waals surface area contributed by atoms with E-state index in [4.69, 9.17) is 0 Å². The van der Waals surface area contributed by atoms with Crippen LogP contribution in [0.5, 0.6) is 0 Å². The third-order valence-corrected chi connectivity index (χ3v) is 3.82. The van der Waals surface area contributed by atoms with Crippen LogP contribution >= 0.6 is 0 Å².